The van der Waals surface area contributed by atoms with E-state index >= 15 is 0 Å². The number of amides is 1. The molecule has 2 aromatic carbocycles. The molecule has 200 valence electrons. The van der Waals surface area contributed by atoms with Crippen LogP contribution in [0.1, 0.15) is 46.4 Å². The second-order valence-corrected chi connectivity index (χ2v) is 9.35. The Morgan fingerprint density at radius 1 is 1.15 bits per heavy atom. The van der Waals surface area contributed by atoms with Crippen molar-refractivity contribution in [3.05, 3.63) is 112 Å². The van der Waals surface area contributed by atoms with Gasteiger partial charge in [-0.1, -0.05) is 30.3 Å². The van der Waals surface area contributed by atoms with Crippen molar-refractivity contribution in [1.82, 2.24) is 39.7 Å². The molecule has 4 heterocycles. The Balaban J connectivity index is 1.45. The van der Waals surface area contributed by atoms with Gasteiger partial charge < -0.3 is 16.2 Å². The Morgan fingerprint density at radius 2 is 1.98 bits per heavy atom. The number of nitrogens with two attached hydrogens (primary N) is 1. The number of carbonyl (C=O) groups excluding carboxylic acids is 1. The first-order valence-electron chi connectivity index (χ1n) is 12.6. The molecule has 0 saturated carbocycles. The van der Waals surface area contributed by atoms with Gasteiger partial charge in [0.05, 0.1) is 34.9 Å². The zero-order chi connectivity index (χ0) is 27.8. The first-order valence-corrected chi connectivity index (χ1v) is 12.6. The third-order valence-electron chi connectivity index (χ3n) is 6.73. The molecule has 6 rings (SSSR count). The Morgan fingerprint density at radius 3 is 2.75 bits per heavy atom. The smallest absolute Gasteiger partial charge is 0.266 e. The highest BCUT2D eigenvalue weighted by atomic mass is 16.3. The molecule has 12 heteroatoms. The molecule has 0 bridgehead atoms. The number of para-hydroxylation sites is 1. The predicted octanol–water partition coefficient (Wildman–Crippen LogP) is 2.50. The molecule has 0 aliphatic rings. The van der Waals surface area contributed by atoms with Crippen LogP contribution in [0.2, 0.25) is 0 Å². The molecule has 40 heavy (non-hydrogen) atoms. The highest BCUT2D eigenvalue weighted by Crippen LogP contribution is 2.25. The third-order valence-corrected chi connectivity index (χ3v) is 6.73. The summed E-state index contributed by atoms with van der Waals surface area (Å²) < 4.78 is 2.92. The molecule has 2 atom stereocenters. The van der Waals surface area contributed by atoms with Crippen molar-refractivity contribution >= 4 is 28.3 Å². The van der Waals surface area contributed by atoms with Crippen LogP contribution in [0.15, 0.2) is 84.2 Å². The van der Waals surface area contributed by atoms with Gasteiger partial charge in [0.15, 0.2) is 11.5 Å². The number of rotatable bonds is 7. The molecule has 2 unspecified atom stereocenters. The summed E-state index contributed by atoms with van der Waals surface area (Å²) in [5, 5.41) is 24.8. The number of nitrogen functional groups attached to an aromatic ring is 1. The van der Waals surface area contributed by atoms with Crippen molar-refractivity contribution in [2.75, 3.05) is 5.73 Å². The van der Waals surface area contributed by atoms with Gasteiger partial charge in [0.2, 0.25) is 0 Å². The van der Waals surface area contributed by atoms with Crippen LogP contribution in [0.5, 0.6) is 0 Å². The number of carbonyl (C=O) groups is 1. The number of hydrogen-bond donors (Lipinski definition) is 4. The normalized spacial score (nSPS) is 12.9. The summed E-state index contributed by atoms with van der Waals surface area (Å²) in [6.07, 6.45) is 5.69. The summed E-state index contributed by atoms with van der Waals surface area (Å²) in [5.74, 6) is -0.131. The molecule has 0 aliphatic heterocycles. The monoisotopic (exact) mass is 535 g/mol. The lowest BCUT2D eigenvalue weighted by molar-refractivity contribution is 0.0940. The molecule has 0 aliphatic carbocycles. The molecule has 6 aromatic rings. The second kappa shape index (κ2) is 10.1. The maximum atomic E-state index is 14.2. The summed E-state index contributed by atoms with van der Waals surface area (Å²) in [7, 11) is 0. The van der Waals surface area contributed by atoms with E-state index in [1.807, 2.05) is 18.2 Å². The lowest BCUT2D eigenvalue weighted by Crippen LogP contribution is -2.33. The fraction of sp³-hybridized carbons (Fsp3) is 0.143. The van der Waals surface area contributed by atoms with Crippen LogP contribution in [-0.2, 0) is 6.42 Å². The Kier molecular flexibility index (Phi) is 6.28. The number of fused-ring (bicyclic) bond motifs is 2. The van der Waals surface area contributed by atoms with E-state index in [1.54, 1.807) is 68.1 Å². The quantitative estimate of drug-likeness (QED) is 0.242. The number of nitrogens with zero attached hydrogens (tertiary/aromatic N) is 6. The van der Waals surface area contributed by atoms with E-state index in [0.717, 1.165) is 0 Å². The SMILES string of the molecule is CC(NC(=O)c1c(N)nn2cccnc12)c1nc2cccc(CC(O)c3cn[nH]c3)c2c(=O)n1-c1ccccc1. The Labute approximate surface area is 227 Å². The van der Waals surface area contributed by atoms with E-state index in [4.69, 9.17) is 10.7 Å². The van der Waals surface area contributed by atoms with Crippen LogP contribution in [0.4, 0.5) is 5.82 Å². The Bertz CT molecular complexity index is 1900. The topological polar surface area (TPSA) is 169 Å². The number of aromatic amines is 1. The van der Waals surface area contributed by atoms with Crippen molar-refractivity contribution in [1.29, 1.82) is 0 Å². The molecule has 0 radical (unpaired) electrons. The van der Waals surface area contributed by atoms with Crippen LogP contribution in [0, 0.1) is 0 Å². The highest BCUT2D eigenvalue weighted by molar-refractivity contribution is 6.04. The first-order chi connectivity index (χ1) is 19.4. The number of aliphatic hydroxyl groups excluding tert-OH is 1. The summed E-state index contributed by atoms with van der Waals surface area (Å²) in [6.45, 7) is 1.74. The number of hydrogen-bond acceptors (Lipinski definition) is 8. The first kappa shape index (κ1) is 24.9. The molecular weight excluding hydrogens is 510 g/mol. The summed E-state index contributed by atoms with van der Waals surface area (Å²) >= 11 is 0. The van der Waals surface area contributed by atoms with Gasteiger partial charge in [-0.2, -0.15) is 5.10 Å². The number of anilines is 1. The van der Waals surface area contributed by atoms with E-state index in [1.165, 1.54) is 9.08 Å². The zero-order valence-electron chi connectivity index (χ0n) is 21.4. The lowest BCUT2D eigenvalue weighted by atomic mass is 10.00. The van der Waals surface area contributed by atoms with Crippen molar-refractivity contribution in [2.24, 2.45) is 0 Å². The van der Waals surface area contributed by atoms with Crippen molar-refractivity contribution < 1.29 is 9.90 Å². The minimum atomic E-state index is -0.864. The summed E-state index contributed by atoms with van der Waals surface area (Å²) in [5.41, 5.74) is 8.47. The molecule has 5 N–H and O–H groups in total. The molecule has 0 saturated heterocycles. The van der Waals surface area contributed by atoms with Crippen LogP contribution >= 0.6 is 0 Å². The lowest BCUT2D eigenvalue weighted by Gasteiger charge is -2.20. The van der Waals surface area contributed by atoms with Gasteiger partial charge in [0.25, 0.3) is 11.5 Å². The van der Waals surface area contributed by atoms with Crippen molar-refractivity contribution in [2.45, 2.75) is 25.5 Å². The molecule has 0 spiro atoms. The highest BCUT2D eigenvalue weighted by Gasteiger charge is 2.25. The average molecular weight is 536 g/mol. The molecule has 4 aromatic heterocycles. The molecule has 12 nitrogen and oxygen atoms in total. The number of nitrogens with one attached hydrogen (secondary N) is 2. The number of aliphatic hydroxyl groups is 1. The van der Waals surface area contributed by atoms with Gasteiger partial charge >= 0.3 is 0 Å². The number of benzene rings is 2. The summed E-state index contributed by atoms with van der Waals surface area (Å²) in [4.78, 5) is 36.6. The Hall–Kier alpha value is -5.36. The predicted molar refractivity (Wildman–Crippen MR) is 148 cm³/mol. The maximum Gasteiger partial charge on any atom is 0.266 e. The second-order valence-electron chi connectivity index (χ2n) is 9.35. The third kappa shape index (κ3) is 4.35. The average Bonchev–Trinajstić information content (AvgIpc) is 3.61. The molecule has 0 fully saturated rings. The van der Waals surface area contributed by atoms with Crippen LogP contribution < -0.4 is 16.6 Å². The van der Waals surface area contributed by atoms with E-state index < -0.39 is 18.1 Å². The van der Waals surface area contributed by atoms with E-state index in [-0.39, 0.29) is 23.4 Å². The van der Waals surface area contributed by atoms with E-state index in [9.17, 15) is 14.7 Å². The maximum absolute atomic E-state index is 14.2. The standard InChI is InChI=1S/C28H25N9O3/c1-16(33-27(39)23-24(29)35-36-12-6-11-30-26(23)36)25-34-20-10-5-7-17(13-21(38)18-14-31-32-15-18)22(20)28(40)37(25)19-8-3-2-4-9-19/h2-12,14-16,21,38H,13H2,1H3,(H2,29,35)(H,31,32)(H,33,39). The van der Waals surface area contributed by atoms with Crippen LogP contribution in [0.3, 0.4) is 0 Å². The zero-order valence-corrected chi connectivity index (χ0v) is 21.4. The minimum Gasteiger partial charge on any atom is -0.388 e. The van der Waals surface area contributed by atoms with Gasteiger partial charge in [0.1, 0.15) is 11.4 Å². The van der Waals surface area contributed by atoms with Crippen molar-refractivity contribution in [3.8, 4) is 5.69 Å². The van der Waals surface area contributed by atoms with Gasteiger partial charge in [-0.3, -0.25) is 19.3 Å². The molecule has 1 amide bonds. The summed E-state index contributed by atoms with van der Waals surface area (Å²) in [6, 6.07) is 15.4. The number of aromatic nitrogens is 7. The largest absolute Gasteiger partial charge is 0.388 e. The van der Waals surface area contributed by atoms with Crippen LogP contribution in [0.25, 0.3) is 22.2 Å². The fourth-order valence-electron chi connectivity index (χ4n) is 4.83. The number of H-pyrrole nitrogens is 1. The van der Waals surface area contributed by atoms with Crippen molar-refractivity contribution in [3.63, 3.8) is 0 Å². The van der Waals surface area contributed by atoms with Gasteiger partial charge in [0, 0.05) is 30.6 Å². The van der Waals surface area contributed by atoms with E-state index in [2.05, 4.69) is 25.6 Å². The fourth-order valence-corrected chi connectivity index (χ4v) is 4.83. The molecular formula is C28H25N9O3. The minimum absolute atomic E-state index is 0.0381. The van der Waals surface area contributed by atoms with E-state index in [0.29, 0.717) is 39.2 Å². The van der Waals surface area contributed by atoms with Gasteiger partial charge in [-0.15, -0.1) is 5.10 Å². The van der Waals surface area contributed by atoms with Gasteiger partial charge in [-0.05, 0) is 36.8 Å². The van der Waals surface area contributed by atoms with Gasteiger partial charge in [-0.25, -0.2) is 14.5 Å². The van der Waals surface area contributed by atoms with Crippen LogP contribution in [-0.4, -0.2) is 45.4 Å².